The Kier molecular flexibility index (Phi) is 7.11. The summed E-state index contributed by atoms with van der Waals surface area (Å²) in [4.78, 5) is 27.6. The van der Waals surface area contributed by atoms with Crippen molar-refractivity contribution in [3.8, 4) is 5.69 Å². The minimum Gasteiger partial charge on any atom is -0.354 e. The van der Waals surface area contributed by atoms with Crippen LogP contribution in [0.4, 0.5) is 5.82 Å². The van der Waals surface area contributed by atoms with Crippen LogP contribution in [0.2, 0.25) is 0 Å². The van der Waals surface area contributed by atoms with E-state index in [1.807, 2.05) is 89.3 Å². The third kappa shape index (κ3) is 5.29. The first kappa shape index (κ1) is 25.2. The van der Waals surface area contributed by atoms with E-state index in [1.54, 1.807) is 0 Å². The van der Waals surface area contributed by atoms with Crippen LogP contribution in [0.25, 0.3) is 16.7 Å². The van der Waals surface area contributed by atoms with Crippen LogP contribution in [-0.4, -0.2) is 56.7 Å². The van der Waals surface area contributed by atoms with Gasteiger partial charge in [0.15, 0.2) is 5.65 Å². The highest BCUT2D eigenvalue weighted by atomic mass is 79.9. The molecule has 0 aliphatic carbocycles. The van der Waals surface area contributed by atoms with Crippen LogP contribution in [-0.2, 0) is 6.42 Å². The lowest BCUT2D eigenvalue weighted by molar-refractivity contribution is 0.0767. The van der Waals surface area contributed by atoms with Crippen molar-refractivity contribution in [3.05, 3.63) is 112 Å². The van der Waals surface area contributed by atoms with Gasteiger partial charge in [-0.15, -0.1) is 0 Å². The number of anilines is 1. The number of halogens is 1. The zero-order valence-corrected chi connectivity index (χ0v) is 23.4. The SMILES string of the molecule is Cc1nn(-c2ccccc2)c2nc(Cc3ccccc3)nc(N3CCCN(C(=O)c4ccc(Br)cc4)CC3)c12. The van der Waals surface area contributed by atoms with Crippen molar-refractivity contribution >= 4 is 38.7 Å². The minimum absolute atomic E-state index is 0.0648. The molecule has 0 radical (unpaired) electrons. The second-order valence-corrected chi connectivity index (χ2v) is 10.7. The van der Waals surface area contributed by atoms with E-state index in [2.05, 4.69) is 33.0 Å². The van der Waals surface area contributed by atoms with Gasteiger partial charge in [0.05, 0.1) is 16.8 Å². The Bertz CT molecular complexity index is 1600. The van der Waals surface area contributed by atoms with Gasteiger partial charge in [-0.25, -0.2) is 14.6 Å². The fraction of sp³-hybridized carbons (Fsp3) is 0.226. The van der Waals surface area contributed by atoms with Crippen LogP contribution in [0.5, 0.6) is 0 Å². The number of hydrogen-bond donors (Lipinski definition) is 0. The summed E-state index contributed by atoms with van der Waals surface area (Å²) in [7, 11) is 0. The van der Waals surface area contributed by atoms with Crippen molar-refractivity contribution in [2.45, 2.75) is 19.8 Å². The van der Waals surface area contributed by atoms with Gasteiger partial charge in [0.2, 0.25) is 0 Å². The summed E-state index contributed by atoms with van der Waals surface area (Å²) in [6.45, 7) is 4.85. The molecule has 5 aromatic rings. The predicted molar refractivity (Wildman–Crippen MR) is 158 cm³/mol. The fourth-order valence-electron chi connectivity index (χ4n) is 5.15. The van der Waals surface area contributed by atoms with Crippen LogP contribution in [0.1, 0.15) is 33.9 Å². The molecule has 0 unspecified atom stereocenters. The Hall–Kier alpha value is -4.04. The molecule has 1 aliphatic heterocycles. The molecule has 0 atom stereocenters. The number of carbonyl (C=O) groups excluding carboxylic acids is 1. The number of aromatic nitrogens is 4. The molecule has 1 amide bonds. The number of amides is 1. The number of benzene rings is 3. The summed E-state index contributed by atoms with van der Waals surface area (Å²) in [6.07, 6.45) is 1.48. The molecular formula is C31H29BrN6O. The molecule has 0 spiro atoms. The highest BCUT2D eigenvalue weighted by molar-refractivity contribution is 9.10. The Labute approximate surface area is 236 Å². The largest absolute Gasteiger partial charge is 0.354 e. The maximum atomic E-state index is 13.2. The molecule has 0 N–H and O–H groups in total. The van der Waals surface area contributed by atoms with E-state index < -0.39 is 0 Å². The summed E-state index contributed by atoms with van der Waals surface area (Å²) in [6, 6.07) is 28.0. The van der Waals surface area contributed by atoms with Gasteiger partial charge in [0.25, 0.3) is 5.91 Å². The van der Waals surface area contributed by atoms with Gasteiger partial charge in [-0.1, -0.05) is 64.5 Å². The quantitative estimate of drug-likeness (QED) is 0.261. The van der Waals surface area contributed by atoms with E-state index in [0.29, 0.717) is 31.6 Å². The zero-order chi connectivity index (χ0) is 26.8. The van der Waals surface area contributed by atoms with Crippen molar-refractivity contribution in [2.24, 2.45) is 0 Å². The molecule has 1 aliphatic rings. The van der Waals surface area contributed by atoms with Crippen molar-refractivity contribution in [2.75, 3.05) is 31.1 Å². The number of aryl methyl sites for hydroxylation is 1. The monoisotopic (exact) mass is 580 g/mol. The van der Waals surface area contributed by atoms with E-state index in [0.717, 1.165) is 57.1 Å². The van der Waals surface area contributed by atoms with Gasteiger partial charge in [0.1, 0.15) is 11.6 Å². The smallest absolute Gasteiger partial charge is 0.253 e. The third-order valence-electron chi connectivity index (χ3n) is 7.11. The Morgan fingerprint density at radius 3 is 2.31 bits per heavy atom. The number of nitrogens with zero attached hydrogens (tertiary/aromatic N) is 6. The molecule has 3 aromatic carbocycles. The van der Waals surface area contributed by atoms with E-state index in [1.165, 1.54) is 0 Å². The number of hydrogen-bond acceptors (Lipinski definition) is 5. The maximum Gasteiger partial charge on any atom is 0.253 e. The van der Waals surface area contributed by atoms with Gasteiger partial charge >= 0.3 is 0 Å². The van der Waals surface area contributed by atoms with Crippen molar-refractivity contribution < 1.29 is 4.79 Å². The van der Waals surface area contributed by atoms with Crippen molar-refractivity contribution in [3.63, 3.8) is 0 Å². The second kappa shape index (κ2) is 11.0. The number of para-hydroxylation sites is 1. The highest BCUT2D eigenvalue weighted by Crippen LogP contribution is 2.30. The topological polar surface area (TPSA) is 67.2 Å². The maximum absolute atomic E-state index is 13.2. The average Bonchev–Trinajstić information content (AvgIpc) is 3.13. The first-order valence-corrected chi connectivity index (χ1v) is 14.0. The Morgan fingerprint density at radius 2 is 1.56 bits per heavy atom. The van der Waals surface area contributed by atoms with Gasteiger partial charge in [-0.05, 0) is 55.3 Å². The lowest BCUT2D eigenvalue weighted by atomic mass is 10.1. The lowest BCUT2D eigenvalue weighted by Gasteiger charge is -2.24. The Balaban J connectivity index is 1.37. The minimum atomic E-state index is 0.0648. The standard InChI is InChI=1S/C31H29BrN6O/c1-22-28-29(36-17-8-18-37(20-19-36)31(39)24-13-15-25(32)16-14-24)33-27(21-23-9-4-2-5-10-23)34-30(28)38(35-22)26-11-6-3-7-12-26/h2-7,9-16H,8,17-21H2,1H3. The number of carbonyl (C=O) groups is 1. The molecule has 196 valence electrons. The lowest BCUT2D eigenvalue weighted by Crippen LogP contribution is -2.35. The molecule has 39 heavy (non-hydrogen) atoms. The van der Waals surface area contributed by atoms with Gasteiger partial charge in [-0.2, -0.15) is 5.10 Å². The molecule has 3 heterocycles. The van der Waals surface area contributed by atoms with Gasteiger partial charge in [0, 0.05) is 42.6 Å². The fourth-order valence-corrected chi connectivity index (χ4v) is 5.41. The summed E-state index contributed by atoms with van der Waals surface area (Å²) >= 11 is 3.45. The molecular weight excluding hydrogens is 552 g/mol. The third-order valence-corrected chi connectivity index (χ3v) is 7.64. The number of fused-ring (bicyclic) bond motifs is 1. The van der Waals surface area contributed by atoms with E-state index in [4.69, 9.17) is 15.1 Å². The van der Waals surface area contributed by atoms with Gasteiger partial charge < -0.3 is 9.80 Å². The van der Waals surface area contributed by atoms with Crippen LogP contribution < -0.4 is 4.90 Å². The second-order valence-electron chi connectivity index (χ2n) is 9.80. The molecule has 1 fully saturated rings. The molecule has 0 saturated carbocycles. The van der Waals surface area contributed by atoms with E-state index in [-0.39, 0.29) is 5.91 Å². The predicted octanol–water partition coefficient (Wildman–Crippen LogP) is 5.83. The first-order valence-electron chi connectivity index (χ1n) is 13.2. The van der Waals surface area contributed by atoms with Gasteiger partial charge in [-0.3, -0.25) is 4.79 Å². The highest BCUT2D eigenvalue weighted by Gasteiger charge is 2.25. The van der Waals surface area contributed by atoms with Crippen LogP contribution in [0.15, 0.2) is 89.4 Å². The van der Waals surface area contributed by atoms with Crippen LogP contribution >= 0.6 is 15.9 Å². The number of rotatable bonds is 5. The van der Waals surface area contributed by atoms with Crippen LogP contribution in [0.3, 0.4) is 0 Å². The molecule has 7 nitrogen and oxygen atoms in total. The van der Waals surface area contributed by atoms with Crippen molar-refractivity contribution in [1.29, 1.82) is 0 Å². The summed E-state index contributed by atoms with van der Waals surface area (Å²) in [5.41, 5.74) is 4.53. The molecule has 6 rings (SSSR count). The normalized spacial score (nSPS) is 14.0. The molecule has 0 bridgehead atoms. The summed E-state index contributed by atoms with van der Waals surface area (Å²) in [5.74, 6) is 1.71. The summed E-state index contributed by atoms with van der Waals surface area (Å²) < 4.78 is 2.89. The molecule has 8 heteroatoms. The zero-order valence-electron chi connectivity index (χ0n) is 21.8. The first-order chi connectivity index (χ1) is 19.1. The van der Waals surface area contributed by atoms with Crippen molar-refractivity contribution in [1.82, 2.24) is 24.6 Å². The van der Waals surface area contributed by atoms with E-state index >= 15 is 0 Å². The molecule has 1 saturated heterocycles. The van der Waals surface area contributed by atoms with E-state index in [9.17, 15) is 4.79 Å². The Morgan fingerprint density at radius 1 is 0.846 bits per heavy atom. The molecule has 2 aromatic heterocycles. The van der Waals surface area contributed by atoms with Crippen LogP contribution in [0, 0.1) is 6.92 Å². The summed E-state index contributed by atoms with van der Waals surface area (Å²) in [5, 5.41) is 5.86. The average molecular weight is 582 g/mol.